The van der Waals surface area contributed by atoms with Crippen molar-refractivity contribution in [3.63, 3.8) is 0 Å². The van der Waals surface area contributed by atoms with E-state index in [4.69, 9.17) is 4.74 Å². The van der Waals surface area contributed by atoms with Crippen molar-refractivity contribution >= 4 is 16.5 Å². The first-order valence-corrected chi connectivity index (χ1v) is 7.75. The van der Waals surface area contributed by atoms with Crippen LogP contribution in [-0.4, -0.2) is 67.5 Å². The molecule has 19 heavy (non-hydrogen) atoms. The van der Waals surface area contributed by atoms with Crippen LogP contribution in [0.2, 0.25) is 0 Å². The first-order chi connectivity index (χ1) is 9.31. The fraction of sp³-hybridized carbons (Fsp3) is 0.769. The molecule has 0 amide bonds. The molecule has 0 radical (unpaired) electrons. The van der Waals surface area contributed by atoms with Crippen LogP contribution < -0.4 is 4.90 Å². The second-order valence-electron chi connectivity index (χ2n) is 5.54. The van der Waals surface area contributed by atoms with E-state index < -0.39 is 0 Å². The third-order valence-electron chi connectivity index (χ3n) is 4.14. The van der Waals surface area contributed by atoms with Crippen molar-refractivity contribution in [2.45, 2.75) is 6.42 Å². The smallest absolute Gasteiger partial charge is 0.185 e. The fourth-order valence-electron chi connectivity index (χ4n) is 2.89. The summed E-state index contributed by atoms with van der Waals surface area (Å²) < 4.78 is 5.47. The Morgan fingerprint density at radius 1 is 1.37 bits per heavy atom. The van der Waals surface area contributed by atoms with Gasteiger partial charge in [-0.05, 0) is 6.42 Å². The van der Waals surface area contributed by atoms with Gasteiger partial charge in [-0.25, -0.2) is 4.98 Å². The first kappa shape index (κ1) is 13.3. The van der Waals surface area contributed by atoms with Crippen molar-refractivity contribution in [1.82, 2.24) is 9.88 Å². The Morgan fingerprint density at radius 2 is 2.21 bits per heavy atom. The molecule has 2 fully saturated rings. The van der Waals surface area contributed by atoms with E-state index in [-0.39, 0.29) is 12.0 Å². The molecule has 5 nitrogen and oxygen atoms in total. The number of anilines is 1. The number of aromatic nitrogens is 1. The van der Waals surface area contributed by atoms with Crippen molar-refractivity contribution in [3.8, 4) is 0 Å². The molecule has 0 aliphatic carbocycles. The highest BCUT2D eigenvalue weighted by Gasteiger charge is 2.36. The molecule has 1 atom stereocenters. The molecule has 3 rings (SSSR count). The Balaban J connectivity index is 1.53. The average Bonchev–Trinajstić information content (AvgIpc) is 3.11. The molecule has 0 spiro atoms. The Morgan fingerprint density at radius 3 is 2.79 bits per heavy atom. The lowest BCUT2D eigenvalue weighted by molar-refractivity contribution is 0.0549. The summed E-state index contributed by atoms with van der Waals surface area (Å²) in [4.78, 5) is 9.16. The van der Waals surface area contributed by atoms with Gasteiger partial charge < -0.3 is 14.7 Å². The van der Waals surface area contributed by atoms with Crippen LogP contribution in [-0.2, 0) is 4.74 Å². The normalized spacial score (nSPS) is 29.0. The molecule has 1 aromatic rings. The zero-order valence-electron chi connectivity index (χ0n) is 11.1. The standard InChI is InChI=1S/C13H21N3O2S/c17-10-13(1-7-18-11-13)9-15-3-5-16(6-4-15)12-14-2-8-19-12/h2,8,17H,1,3-7,9-11H2. The van der Waals surface area contributed by atoms with Crippen LogP contribution in [0.25, 0.3) is 0 Å². The van der Waals surface area contributed by atoms with Crippen molar-refractivity contribution in [3.05, 3.63) is 11.6 Å². The van der Waals surface area contributed by atoms with E-state index in [1.807, 2.05) is 11.6 Å². The summed E-state index contributed by atoms with van der Waals surface area (Å²) in [5.74, 6) is 0. The number of hydrogen-bond donors (Lipinski definition) is 1. The highest BCUT2D eigenvalue weighted by molar-refractivity contribution is 7.13. The minimum Gasteiger partial charge on any atom is -0.396 e. The molecule has 0 saturated carbocycles. The Labute approximate surface area is 117 Å². The van der Waals surface area contributed by atoms with Crippen LogP contribution in [0.1, 0.15) is 6.42 Å². The molecule has 1 aromatic heterocycles. The summed E-state index contributed by atoms with van der Waals surface area (Å²) in [5.41, 5.74) is -0.0245. The van der Waals surface area contributed by atoms with Gasteiger partial charge in [-0.15, -0.1) is 11.3 Å². The minimum absolute atomic E-state index is 0.0245. The number of ether oxygens (including phenoxy) is 1. The van der Waals surface area contributed by atoms with Gasteiger partial charge in [0.2, 0.25) is 0 Å². The van der Waals surface area contributed by atoms with Crippen molar-refractivity contribution < 1.29 is 9.84 Å². The van der Waals surface area contributed by atoms with Gasteiger partial charge in [-0.1, -0.05) is 0 Å². The predicted molar refractivity (Wildman–Crippen MR) is 75.7 cm³/mol. The van der Waals surface area contributed by atoms with E-state index in [1.54, 1.807) is 11.3 Å². The molecule has 2 aliphatic rings. The Bertz CT molecular complexity index is 385. The summed E-state index contributed by atoms with van der Waals surface area (Å²) in [5, 5.41) is 12.8. The molecule has 2 saturated heterocycles. The molecule has 3 heterocycles. The number of aliphatic hydroxyl groups is 1. The second kappa shape index (κ2) is 5.75. The number of piperazine rings is 1. The SMILES string of the molecule is OCC1(CN2CCN(c3nccs3)CC2)CCOC1. The quantitative estimate of drug-likeness (QED) is 0.880. The topological polar surface area (TPSA) is 48.8 Å². The third kappa shape index (κ3) is 2.91. The van der Waals surface area contributed by atoms with Crippen LogP contribution >= 0.6 is 11.3 Å². The number of rotatable bonds is 4. The van der Waals surface area contributed by atoms with Crippen LogP contribution in [0.4, 0.5) is 5.13 Å². The fourth-order valence-corrected chi connectivity index (χ4v) is 3.59. The molecular weight excluding hydrogens is 262 g/mol. The van der Waals surface area contributed by atoms with Gasteiger partial charge in [-0.3, -0.25) is 4.90 Å². The maximum atomic E-state index is 9.62. The van der Waals surface area contributed by atoms with Crippen molar-refractivity contribution in [1.29, 1.82) is 0 Å². The van der Waals surface area contributed by atoms with Gasteiger partial charge in [0.1, 0.15) is 0 Å². The van der Waals surface area contributed by atoms with Gasteiger partial charge in [0.15, 0.2) is 5.13 Å². The van der Waals surface area contributed by atoms with E-state index in [0.717, 1.165) is 50.9 Å². The van der Waals surface area contributed by atoms with E-state index in [0.29, 0.717) is 6.61 Å². The number of aliphatic hydroxyl groups excluding tert-OH is 1. The summed E-state index contributed by atoms with van der Waals surface area (Å²) in [6.45, 7) is 6.82. The average molecular weight is 283 g/mol. The van der Waals surface area contributed by atoms with E-state index in [2.05, 4.69) is 14.8 Å². The molecule has 6 heteroatoms. The summed E-state index contributed by atoms with van der Waals surface area (Å²) in [6.07, 6.45) is 2.85. The zero-order valence-corrected chi connectivity index (χ0v) is 11.9. The lowest BCUT2D eigenvalue weighted by Crippen LogP contribution is -2.51. The van der Waals surface area contributed by atoms with Crippen molar-refractivity contribution in [2.75, 3.05) is 57.4 Å². The monoisotopic (exact) mass is 283 g/mol. The highest BCUT2D eigenvalue weighted by Crippen LogP contribution is 2.30. The van der Waals surface area contributed by atoms with Crippen LogP contribution in [0, 0.1) is 5.41 Å². The first-order valence-electron chi connectivity index (χ1n) is 6.87. The maximum absolute atomic E-state index is 9.62. The number of thiazole rings is 1. The van der Waals surface area contributed by atoms with E-state index in [1.165, 1.54) is 0 Å². The molecule has 0 bridgehead atoms. The zero-order chi connectivity index (χ0) is 13.1. The number of hydrogen-bond acceptors (Lipinski definition) is 6. The van der Waals surface area contributed by atoms with Gasteiger partial charge >= 0.3 is 0 Å². The Hall–Kier alpha value is -0.690. The van der Waals surface area contributed by atoms with Gasteiger partial charge in [0.25, 0.3) is 0 Å². The van der Waals surface area contributed by atoms with Crippen LogP contribution in [0.5, 0.6) is 0 Å². The predicted octanol–water partition coefficient (Wildman–Crippen LogP) is 0.664. The van der Waals surface area contributed by atoms with Gasteiger partial charge in [0.05, 0.1) is 13.2 Å². The number of nitrogens with zero attached hydrogens (tertiary/aromatic N) is 3. The second-order valence-corrected chi connectivity index (χ2v) is 6.41. The molecular formula is C13H21N3O2S. The summed E-state index contributed by atoms with van der Waals surface area (Å²) >= 11 is 1.70. The van der Waals surface area contributed by atoms with E-state index >= 15 is 0 Å². The van der Waals surface area contributed by atoms with Crippen molar-refractivity contribution in [2.24, 2.45) is 5.41 Å². The maximum Gasteiger partial charge on any atom is 0.185 e. The summed E-state index contributed by atoms with van der Waals surface area (Å²) in [6, 6.07) is 0. The summed E-state index contributed by atoms with van der Waals surface area (Å²) in [7, 11) is 0. The highest BCUT2D eigenvalue weighted by atomic mass is 32.1. The Kier molecular flexibility index (Phi) is 4.02. The van der Waals surface area contributed by atoms with Gasteiger partial charge in [0, 0.05) is 56.3 Å². The minimum atomic E-state index is -0.0245. The van der Waals surface area contributed by atoms with Crippen LogP contribution in [0.3, 0.4) is 0 Å². The van der Waals surface area contributed by atoms with Gasteiger partial charge in [-0.2, -0.15) is 0 Å². The lowest BCUT2D eigenvalue weighted by atomic mass is 9.87. The molecule has 1 N–H and O–H groups in total. The van der Waals surface area contributed by atoms with E-state index in [9.17, 15) is 5.11 Å². The largest absolute Gasteiger partial charge is 0.396 e. The van der Waals surface area contributed by atoms with Crippen LogP contribution in [0.15, 0.2) is 11.6 Å². The lowest BCUT2D eigenvalue weighted by Gasteiger charge is -2.38. The molecule has 0 aromatic carbocycles. The third-order valence-corrected chi connectivity index (χ3v) is 4.97. The molecule has 1 unspecified atom stereocenters. The molecule has 106 valence electrons. The molecule has 2 aliphatic heterocycles.